The van der Waals surface area contributed by atoms with Crippen LogP contribution in [0.4, 0.5) is 4.39 Å². The Morgan fingerprint density at radius 2 is 2.00 bits per heavy atom. The number of nitrogens with zero attached hydrogens (tertiary/aromatic N) is 3. The summed E-state index contributed by atoms with van der Waals surface area (Å²) in [6, 6.07) is 3.19. The topological polar surface area (TPSA) is 30.7 Å². The Balaban J connectivity index is 2.65. The quantitative estimate of drug-likeness (QED) is 0.833. The Kier molecular flexibility index (Phi) is 3.35. The smallest absolute Gasteiger partial charge is 0.171 e. The van der Waals surface area contributed by atoms with Crippen molar-refractivity contribution in [1.82, 2.24) is 15.0 Å². The molecule has 3 nitrogen and oxygen atoms in total. The molecular weight excluding hydrogens is 264 g/mol. The third-order valence-corrected chi connectivity index (χ3v) is 2.86. The van der Waals surface area contributed by atoms with Crippen molar-refractivity contribution >= 4 is 23.2 Å². The van der Waals surface area contributed by atoms with Crippen LogP contribution in [0.25, 0.3) is 5.69 Å². The highest BCUT2D eigenvalue weighted by atomic mass is 35.5. The second-order valence-corrected chi connectivity index (χ2v) is 4.73. The van der Waals surface area contributed by atoms with Gasteiger partial charge in [-0.1, -0.05) is 42.3 Å². The zero-order valence-electron chi connectivity index (χ0n) is 9.28. The van der Waals surface area contributed by atoms with E-state index in [2.05, 4.69) is 10.3 Å². The highest BCUT2D eigenvalue weighted by Crippen LogP contribution is 2.30. The van der Waals surface area contributed by atoms with Gasteiger partial charge in [-0.3, -0.25) is 0 Å². The van der Waals surface area contributed by atoms with Crippen LogP contribution in [0, 0.1) is 5.82 Å². The molecule has 17 heavy (non-hydrogen) atoms. The average Bonchev–Trinajstić information content (AvgIpc) is 2.68. The fourth-order valence-corrected chi connectivity index (χ4v) is 1.96. The van der Waals surface area contributed by atoms with Gasteiger partial charge in [0, 0.05) is 5.56 Å². The summed E-state index contributed by atoms with van der Waals surface area (Å²) in [6.45, 7) is 3.77. The van der Waals surface area contributed by atoms with Crippen LogP contribution >= 0.6 is 23.2 Å². The van der Waals surface area contributed by atoms with Gasteiger partial charge in [0.25, 0.3) is 0 Å². The lowest BCUT2D eigenvalue weighted by molar-refractivity contribution is 0.593. The van der Waals surface area contributed by atoms with Gasteiger partial charge in [0.2, 0.25) is 0 Å². The molecule has 0 spiro atoms. The molecular formula is C11H10Cl2FN3. The van der Waals surface area contributed by atoms with Gasteiger partial charge in [0.15, 0.2) is 5.15 Å². The van der Waals surface area contributed by atoms with Crippen molar-refractivity contribution in [2.45, 2.75) is 19.8 Å². The van der Waals surface area contributed by atoms with Gasteiger partial charge in [-0.05, 0) is 18.1 Å². The lowest BCUT2D eigenvalue weighted by atomic mass is 10.0. The van der Waals surface area contributed by atoms with E-state index < -0.39 is 5.82 Å². The SMILES string of the molecule is CC(C)c1c(-n2cc(Cl)nn2)ccc(Cl)c1F. The molecule has 6 heteroatoms. The summed E-state index contributed by atoms with van der Waals surface area (Å²) in [5, 5.41) is 7.85. The van der Waals surface area contributed by atoms with Crippen molar-refractivity contribution in [3.63, 3.8) is 0 Å². The van der Waals surface area contributed by atoms with Gasteiger partial charge in [-0.2, -0.15) is 0 Å². The molecule has 0 aliphatic rings. The molecule has 0 atom stereocenters. The number of hydrogen-bond acceptors (Lipinski definition) is 2. The van der Waals surface area contributed by atoms with Gasteiger partial charge in [0.05, 0.1) is 16.9 Å². The standard InChI is InChI=1S/C11H10Cl2FN3/c1-6(2)10-8(4-3-7(12)11(10)14)17-5-9(13)15-16-17/h3-6H,1-2H3. The van der Waals surface area contributed by atoms with Crippen LogP contribution in [-0.4, -0.2) is 15.0 Å². The van der Waals surface area contributed by atoms with Crippen LogP contribution in [0.15, 0.2) is 18.3 Å². The Labute approximate surface area is 108 Å². The Bertz CT molecular complexity index is 552. The summed E-state index contributed by atoms with van der Waals surface area (Å²) in [5.74, 6) is -0.447. The maximum absolute atomic E-state index is 14.0. The molecule has 0 N–H and O–H groups in total. The summed E-state index contributed by atoms with van der Waals surface area (Å²) < 4.78 is 15.4. The lowest BCUT2D eigenvalue weighted by Gasteiger charge is -2.14. The highest BCUT2D eigenvalue weighted by Gasteiger charge is 2.17. The predicted molar refractivity (Wildman–Crippen MR) is 65.4 cm³/mol. The maximum atomic E-state index is 14.0. The summed E-state index contributed by atoms with van der Waals surface area (Å²) in [5.41, 5.74) is 1.10. The highest BCUT2D eigenvalue weighted by molar-refractivity contribution is 6.31. The van der Waals surface area contributed by atoms with Crippen LogP contribution in [0.2, 0.25) is 10.2 Å². The molecule has 1 aromatic carbocycles. The largest absolute Gasteiger partial charge is 0.219 e. The Morgan fingerprint density at radius 3 is 2.53 bits per heavy atom. The van der Waals surface area contributed by atoms with E-state index in [1.807, 2.05) is 13.8 Å². The molecule has 2 aromatic rings. The van der Waals surface area contributed by atoms with Crippen molar-refractivity contribution in [3.05, 3.63) is 39.9 Å². The first-order chi connectivity index (χ1) is 8.00. The monoisotopic (exact) mass is 273 g/mol. The second kappa shape index (κ2) is 4.63. The molecule has 1 heterocycles. The van der Waals surface area contributed by atoms with Gasteiger partial charge in [-0.15, -0.1) is 5.10 Å². The maximum Gasteiger partial charge on any atom is 0.171 e. The minimum atomic E-state index is -0.425. The first-order valence-corrected chi connectivity index (χ1v) is 5.82. The van der Waals surface area contributed by atoms with E-state index in [1.54, 1.807) is 6.07 Å². The number of halogens is 3. The molecule has 0 aliphatic heterocycles. The molecule has 0 saturated carbocycles. The van der Waals surface area contributed by atoms with E-state index in [1.165, 1.54) is 16.9 Å². The average molecular weight is 274 g/mol. The third-order valence-electron chi connectivity index (χ3n) is 2.40. The molecule has 0 amide bonds. The molecule has 1 aromatic heterocycles. The Morgan fingerprint density at radius 1 is 1.29 bits per heavy atom. The van der Waals surface area contributed by atoms with Crippen LogP contribution in [0.5, 0.6) is 0 Å². The number of aromatic nitrogens is 3. The normalized spacial score (nSPS) is 11.2. The number of rotatable bonds is 2. The molecule has 0 saturated heterocycles. The van der Waals surface area contributed by atoms with Crippen molar-refractivity contribution in [1.29, 1.82) is 0 Å². The van der Waals surface area contributed by atoms with Crippen LogP contribution in [-0.2, 0) is 0 Å². The summed E-state index contributed by atoms with van der Waals surface area (Å²) in [6.07, 6.45) is 1.52. The number of benzene rings is 1. The lowest BCUT2D eigenvalue weighted by Crippen LogP contribution is -2.05. The summed E-state index contributed by atoms with van der Waals surface area (Å²) in [4.78, 5) is 0. The van der Waals surface area contributed by atoms with E-state index in [0.717, 1.165) is 0 Å². The van der Waals surface area contributed by atoms with Gasteiger partial charge in [-0.25, -0.2) is 9.07 Å². The van der Waals surface area contributed by atoms with Crippen molar-refractivity contribution in [2.75, 3.05) is 0 Å². The molecule has 90 valence electrons. The molecule has 0 unspecified atom stereocenters. The van der Waals surface area contributed by atoms with E-state index in [9.17, 15) is 4.39 Å². The fourth-order valence-electron chi connectivity index (χ4n) is 1.67. The first-order valence-electron chi connectivity index (χ1n) is 5.07. The second-order valence-electron chi connectivity index (χ2n) is 3.93. The van der Waals surface area contributed by atoms with E-state index in [4.69, 9.17) is 23.2 Å². The molecule has 0 fully saturated rings. The van der Waals surface area contributed by atoms with Crippen molar-refractivity contribution < 1.29 is 4.39 Å². The first kappa shape index (κ1) is 12.3. The van der Waals surface area contributed by atoms with E-state index in [-0.39, 0.29) is 16.1 Å². The van der Waals surface area contributed by atoms with E-state index >= 15 is 0 Å². The third kappa shape index (κ3) is 2.28. The number of hydrogen-bond donors (Lipinski definition) is 0. The van der Waals surface area contributed by atoms with Crippen LogP contribution in [0.3, 0.4) is 0 Å². The summed E-state index contributed by atoms with van der Waals surface area (Å²) in [7, 11) is 0. The minimum absolute atomic E-state index is 0.0216. The van der Waals surface area contributed by atoms with Gasteiger partial charge >= 0.3 is 0 Å². The fraction of sp³-hybridized carbons (Fsp3) is 0.273. The zero-order chi connectivity index (χ0) is 12.6. The molecule has 0 aliphatic carbocycles. The summed E-state index contributed by atoms with van der Waals surface area (Å²) >= 11 is 11.5. The zero-order valence-corrected chi connectivity index (χ0v) is 10.8. The van der Waals surface area contributed by atoms with Gasteiger partial charge in [0.1, 0.15) is 5.82 Å². The van der Waals surface area contributed by atoms with Crippen molar-refractivity contribution in [2.24, 2.45) is 0 Å². The molecule has 2 rings (SSSR count). The molecule has 0 bridgehead atoms. The predicted octanol–water partition coefficient (Wildman–Crippen LogP) is 3.84. The van der Waals surface area contributed by atoms with Crippen molar-refractivity contribution in [3.8, 4) is 5.69 Å². The molecule has 0 radical (unpaired) electrons. The minimum Gasteiger partial charge on any atom is -0.219 e. The van der Waals surface area contributed by atoms with Gasteiger partial charge < -0.3 is 0 Å². The Hall–Kier alpha value is -1.13. The van der Waals surface area contributed by atoms with E-state index in [0.29, 0.717) is 11.3 Å². The van der Waals surface area contributed by atoms with Crippen LogP contribution in [0.1, 0.15) is 25.3 Å². The van der Waals surface area contributed by atoms with Crippen LogP contribution < -0.4 is 0 Å².